The van der Waals surface area contributed by atoms with Crippen LogP contribution in [0.1, 0.15) is 23.0 Å². The first kappa shape index (κ1) is 18.6. The van der Waals surface area contributed by atoms with Crippen LogP contribution in [0.4, 0.5) is 5.69 Å². The number of ether oxygens (including phenoxy) is 2. The Hall–Kier alpha value is -2.80. The lowest BCUT2D eigenvalue weighted by molar-refractivity contribution is -0.143. The average Bonchev–Trinajstić information content (AvgIpc) is 2.67. The van der Waals surface area contributed by atoms with Crippen LogP contribution in [0.3, 0.4) is 0 Å². The number of carboxylic acid groups (broad SMARTS) is 1. The largest absolute Gasteiger partial charge is 0.486 e. The molecule has 148 valence electrons. The fourth-order valence-electron chi connectivity index (χ4n) is 3.97. The van der Waals surface area contributed by atoms with E-state index in [1.54, 1.807) is 12.1 Å². The summed E-state index contributed by atoms with van der Waals surface area (Å²) in [5, 5.41) is 9.90. The van der Waals surface area contributed by atoms with E-state index in [0.29, 0.717) is 37.8 Å². The minimum atomic E-state index is -0.847. The van der Waals surface area contributed by atoms with Crippen molar-refractivity contribution in [1.82, 2.24) is 9.88 Å². The molecule has 0 amide bonds. The second kappa shape index (κ2) is 7.67. The fourth-order valence-corrected chi connectivity index (χ4v) is 3.97. The Balaban J connectivity index is 1.50. The van der Waals surface area contributed by atoms with Gasteiger partial charge >= 0.3 is 5.97 Å². The number of carbonyl (C=O) groups is 1. The maximum absolute atomic E-state index is 12.1. The minimum Gasteiger partial charge on any atom is -0.486 e. The average molecular weight is 383 g/mol. The Bertz CT molecular complexity index is 858. The van der Waals surface area contributed by atoms with Gasteiger partial charge in [-0.2, -0.15) is 0 Å². The van der Waals surface area contributed by atoms with Crippen molar-refractivity contribution in [3.63, 3.8) is 0 Å². The van der Waals surface area contributed by atoms with Crippen molar-refractivity contribution in [1.29, 1.82) is 0 Å². The third-order valence-corrected chi connectivity index (χ3v) is 5.23. The molecule has 1 fully saturated rings. The van der Waals surface area contributed by atoms with Crippen LogP contribution >= 0.6 is 0 Å². The first-order valence-corrected chi connectivity index (χ1v) is 9.58. The van der Waals surface area contributed by atoms with Crippen LogP contribution in [-0.2, 0) is 4.79 Å². The van der Waals surface area contributed by atoms with Gasteiger partial charge in [0.25, 0.3) is 0 Å². The smallest absolute Gasteiger partial charge is 0.325 e. The van der Waals surface area contributed by atoms with Gasteiger partial charge in [0.15, 0.2) is 11.5 Å². The van der Waals surface area contributed by atoms with E-state index < -0.39 is 12.0 Å². The molecule has 1 aromatic carbocycles. The number of aromatic nitrogens is 1. The minimum absolute atomic E-state index is 0.484. The lowest BCUT2D eigenvalue weighted by Gasteiger charge is -2.39. The monoisotopic (exact) mass is 383 g/mol. The standard InChI is InChI=1S/C21H25N3O4/c1-14-11-17(12-15(2)22-14)23-5-7-24(8-6-23)20(21(25)26)16-3-4-18-19(13-16)28-10-9-27-18/h3-4,11-13,20H,5-10H2,1-2H3,(H,25,26)/t20-/m0/s1. The molecule has 1 aromatic heterocycles. The zero-order chi connectivity index (χ0) is 19.7. The van der Waals surface area contributed by atoms with E-state index >= 15 is 0 Å². The zero-order valence-corrected chi connectivity index (χ0v) is 16.2. The Labute approximate surface area is 164 Å². The molecule has 2 aromatic rings. The highest BCUT2D eigenvalue weighted by Gasteiger charge is 2.31. The molecular formula is C21H25N3O4. The van der Waals surface area contributed by atoms with Crippen molar-refractivity contribution >= 4 is 11.7 Å². The fraction of sp³-hybridized carbons (Fsp3) is 0.429. The van der Waals surface area contributed by atoms with Crippen molar-refractivity contribution in [2.24, 2.45) is 0 Å². The van der Waals surface area contributed by atoms with Crippen molar-refractivity contribution in [2.75, 3.05) is 44.3 Å². The summed E-state index contributed by atoms with van der Waals surface area (Å²) in [6.07, 6.45) is 0. The predicted octanol–water partition coefficient (Wildman–Crippen LogP) is 2.42. The third-order valence-electron chi connectivity index (χ3n) is 5.23. The first-order valence-electron chi connectivity index (χ1n) is 9.58. The van der Waals surface area contributed by atoms with E-state index in [2.05, 4.69) is 22.0 Å². The molecule has 7 heteroatoms. The van der Waals surface area contributed by atoms with Crippen molar-refractivity contribution in [3.05, 3.63) is 47.3 Å². The van der Waals surface area contributed by atoms with E-state index in [9.17, 15) is 9.90 Å². The second-order valence-electron chi connectivity index (χ2n) is 7.27. The van der Waals surface area contributed by atoms with E-state index in [1.165, 1.54) is 0 Å². The van der Waals surface area contributed by atoms with Gasteiger partial charge in [0, 0.05) is 43.3 Å². The number of rotatable bonds is 4. The lowest BCUT2D eigenvalue weighted by atomic mass is 10.0. The highest BCUT2D eigenvalue weighted by atomic mass is 16.6. The predicted molar refractivity (Wildman–Crippen MR) is 105 cm³/mol. The highest BCUT2D eigenvalue weighted by molar-refractivity contribution is 5.76. The third kappa shape index (κ3) is 3.75. The summed E-state index contributed by atoms with van der Waals surface area (Å²) in [6, 6.07) is 8.90. The van der Waals surface area contributed by atoms with Crippen LogP contribution < -0.4 is 14.4 Å². The molecule has 7 nitrogen and oxygen atoms in total. The molecule has 1 N–H and O–H groups in total. The van der Waals surface area contributed by atoms with Crippen LogP contribution in [0, 0.1) is 13.8 Å². The highest BCUT2D eigenvalue weighted by Crippen LogP contribution is 2.34. The summed E-state index contributed by atoms with van der Waals surface area (Å²) >= 11 is 0. The zero-order valence-electron chi connectivity index (χ0n) is 16.2. The molecule has 4 rings (SSSR count). The van der Waals surface area contributed by atoms with Crippen molar-refractivity contribution in [3.8, 4) is 11.5 Å². The Morgan fingerprint density at radius 2 is 1.64 bits per heavy atom. The number of hydrogen-bond acceptors (Lipinski definition) is 6. The van der Waals surface area contributed by atoms with Crippen molar-refractivity contribution < 1.29 is 19.4 Å². The van der Waals surface area contributed by atoms with Gasteiger partial charge < -0.3 is 19.5 Å². The molecule has 0 spiro atoms. The van der Waals surface area contributed by atoms with E-state index in [1.807, 2.05) is 24.8 Å². The number of fused-ring (bicyclic) bond motifs is 1. The summed E-state index contributed by atoms with van der Waals surface area (Å²) in [7, 11) is 0. The van der Waals surface area contributed by atoms with Gasteiger partial charge in [-0.15, -0.1) is 0 Å². The summed E-state index contributed by atoms with van der Waals surface area (Å²) in [5.74, 6) is 0.449. The molecule has 0 bridgehead atoms. The Morgan fingerprint density at radius 3 is 2.29 bits per heavy atom. The second-order valence-corrected chi connectivity index (χ2v) is 7.27. The quantitative estimate of drug-likeness (QED) is 0.869. The number of pyridine rings is 1. The molecule has 2 aliphatic rings. The Kier molecular flexibility index (Phi) is 5.09. The van der Waals surface area contributed by atoms with Crippen LogP contribution in [-0.4, -0.2) is 60.4 Å². The van der Waals surface area contributed by atoms with Gasteiger partial charge in [-0.1, -0.05) is 6.07 Å². The molecule has 0 radical (unpaired) electrons. The number of aliphatic carboxylic acids is 1. The van der Waals surface area contributed by atoms with Crippen LogP contribution in [0.2, 0.25) is 0 Å². The molecule has 1 saturated heterocycles. The van der Waals surface area contributed by atoms with Gasteiger partial charge in [0.05, 0.1) is 0 Å². The van der Waals surface area contributed by atoms with Crippen LogP contribution in [0.5, 0.6) is 11.5 Å². The summed E-state index contributed by atoms with van der Waals surface area (Å²) in [6.45, 7) is 7.89. The van der Waals surface area contributed by atoms with Gasteiger partial charge in [-0.3, -0.25) is 14.7 Å². The van der Waals surface area contributed by atoms with Gasteiger partial charge in [-0.05, 0) is 43.7 Å². The summed E-state index contributed by atoms with van der Waals surface area (Å²) < 4.78 is 11.2. The number of nitrogens with zero attached hydrogens (tertiary/aromatic N) is 3. The van der Waals surface area contributed by atoms with E-state index in [4.69, 9.17) is 9.47 Å². The summed E-state index contributed by atoms with van der Waals surface area (Å²) in [5.41, 5.74) is 3.87. The van der Waals surface area contributed by atoms with Gasteiger partial charge in [0.2, 0.25) is 0 Å². The maximum atomic E-state index is 12.1. The topological polar surface area (TPSA) is 75.1 Å². The number of anilines is 1. The molecule has 1 atom stereocenters. The molecular weight excluding hydrogens is 358 g/mol. The Morgan fingerprint density at radius 1 is 1.00 bits per heavy atom. The maximum Gasteiger partial charge on any atom is 0.325 e. The van der Waals surface area contributed by atoms with Crippen LogP contribution in [0.15, 0.2) is 30.3 Å². The van der Waals surface area contributed by atoms with Gasteiger partial charge in [-0.25, -0.2) is 0 Å². The normalized spacial score (nSPS) is 18.0. The molecule has 0 unspecified atom stereocenters. The summed E-state index contributed by atoms with van der Waals surface area (Å²) in [4.78, 5) is 20.8. The SMILES string of the molecule is Cc1cc(N2CCN([C@H](C(=O)O)c3ccc4c(c3)OCCO4)CC2)cc(C)n1. The number of benzene rings is 1. The molecule has 2 aliphatic heterocycles. The number of aryl methyl sites for hydroxylation is 2. The molecule has 0 saturated carbocycles. The lowest BCUT2D eigenvalue weighted by Crippen LogP contribution is -2.49. The molecule has 3 heterocycles. The number of hydrogen-bond donors (Lipinski definition) is 1. The van der Waals surface area contributed by atoms with E-state index in [-0.39, 0.29) is 0 Å². The van der Waals surface area contributed by atoms with Crippen molar-refractivity contribution in [2.45, 2.75) is 19.9 Å². The van der Waals surface area contributed by atoms with E-state index in [0.717, 1.165) is 35.7 Å². The molecule has 28 heavy (non-hydrogen) atoms. The van der Waals surface area contributed by atoms with Crippen LogP contribution in [0.25, 0.3) is 0 Å². The van der Waals surface area contributed by atoms with Gasteiger partial charge in [0.1, 0.15) is 19.3 Å². The first-order chi connectivity index (χ1) is 13.5. The number of carboxylic acids is 1. The number of piperazine rings is 1. The molecule has 0 aliphatic carbocycles.